The van der Waals surface area contributed by atoms with Crippen LogP contribution in [0.25, 0.3) is 0 Å². The summed E-state index contributed by atoms with van der Waals surface area (Å²) >= 11 is 0. The Morgan fingerprint density at radius 1 is 1.07 bits per heavy atom. The first kappa shape index (κ1) is 30.9. The number of nitrogens with one attached hydrogen (secondary N) is 2. The number of likely N-dealkylation sites (N-methyl/N-ethyl adjacent to an activating group) is 1. The smallest absolute Gasteiger partial charge is 0.258 e. The van der Waals surface area contributed by atoms with Crippen molar-refractivity contribution in [3.8, 4) is 11.5 Å². The molecular formula is C28H43N7O5. The highest BCUT2D eigenvalue weighted by molar-refractivity contribution is 5.87. The summed E-state index contributed by atoms with van der Waals surface area (Å²) in [5, 5.41) is 10.0. The van der Waals surface area contributed by atoms with E-state index >= 15 is 0 Å². The number of nitrogens with zero attached hydrogens (tertiary/aromatic N) is 5. The third-order valence-electron chi connectivity index (χ3n) is 6.90. The van der Waals surface area contributed by atoms with E-state index in [1.807, 2.05) is 17.7 Å². The first-order valence-electron chi connectivity index (χ1n) is 14.0. The largest absolute Gasteiger partial charge is 0.493 e. The van der Waals surface area contributed by atoms with E-state index in [-0.39, 0.29) is 18.4 Å². The van der Waals surface area contributed by atoms with Crippen LogP contribution in [0.5, 0.6) is 11.5 Å². The van der Waals surface area contributed by atoms with Gasteiger partial charge in [-0.2, -0.15) is 5.10 Å². The van der Waals surface area contributed by atoms with Crippen molar-refractivity contribution in [3.63, 3.8) is 0 Å². The molecule has 12 heteroatoms. The fourth-order valence-electron chi connectivity index (χ4n) is 4.62. The molecule has 2 bridgehead atoms. The number of fused-ring (bicyclic) bond motifs is 2. The molecule has 1 aromatic carbocycles. The first-order valence-corrected chi connectivity index (χ1v) is 14.0. The fourth-order valence-corrected chi connectivity index (χ4v) is 4.62. The molecule has 0 saturated carbocycles. The Bertz CT molecular complexity index is 1120. The Morgan fingerprint density at radius 3 is 2.62 bits per heavy atom. The van der Waals surface area contributed by atoms with Crippen LogP contribution in [0.1, 0.15) is 50.9 Å². The molecule has 2 heterocycles. The summed E-state index contributed by atoms with van der Waals surface area (Å²) in [6, 6.07) is 4.73. The summed E-state index contributed by atoms with van der Waals surface area (Å²) in [5.41, 5.74) is 0.893. The second kappa shape index (κ2) is 15.8. The topological polar surface area (TPSA) is 131 Å². The number of aryl methyl sites for hydroxylation is 2. The van der Waals surface area contributed by atoms with E-state index in [4.69, 9.17) is 9.47 Å². The molecule has 1 atom stereocenters. The Morgan fingerprint density at radius 2 is 1.85 bits per heavy atom. The van der Waals surface area contributed by atoms with E-state index in [9.17, 15) is 14.4 Å². The Balaban J connectivity index is 1.69. The van der Waals surface area contributed by atoms with Gasteiger partial charge in [-0.1, -0.05) is 6.07 Å². The van der Waals surface area contributed by atoms with E-state index in [0.717, 1.165) is 50.3 Å². The van der Waals surface area contributed by atoms with Gasteiger partial charge in [-0.15, -0.1) is 0 Å². The fraction of sp³-hybridized carbons (Fsp3) is 0.607. The van der Waals surface area contributed by atoms with Gasteiger partial charge in [-0.3, -0.25) is 19.3 Å². The average molecular weight is 558 g/mol. The minimum Gasteiger partial charge on any atom is -0.493 e. The molecule has 3 amide bonds. The van der Waals surface area contributed by atoms with Gasteiger partial charge in [0, 0.05) is 39.6 Å². The monoisotopic (exact) mass is 557 g/mol. The minimum absolute atomic E-state index is 0.0150. The van der Waals surface area contributed by atoms with Crippen molar-refractivity contribution < 1.29 is 23.9 Å². The Kier molecular flexibility index (Phi) is 12.2. The lowest BCUT2D eigenvalue weighted by atomic mass is 10.1. The Hall–Kier alpha value is -3.67. The summed E-state index contributed by atoms with van der Waals surface area (Å²) < 4.78 is 13.0. The molecule has 1 aliphatic rings. The van der Waals surface area contributed by atoms with Crippen molar-refractivity contribution >= 4 is 17.7 Å². The number of carbonyl (C=O) groups is 3. The summed E-state index contributed by atoms with van der Waals surface area (Å²) in [6.45, 7) is 7.66. The summed E-state index contributed by atoms with van der Waals surface area (Å²) in [6.07, 6.45) is 4.95. The molecule has 0 radical (unpaired) electrons. The van der Waals surface area contributed by atoms with Gasteiger partial charge >= 0.3 is 0 Å². The lowest BCUT2D eigenvalue weighted by Crippen LogP contribution is -2.47. The van der Waals surface area contributed by atoms with E-state index in [1.165, 1.54) is 7.11 Å². The minimum atomic E-state index is -0.678. The normalized spacial score (nSPS) is 19.6. The zero-order valence-corrected chi connectivity index (χ0v) is 24.1. The van der Waals surface area contributed by atoms with Crippen molar-refractivity contribution in [2.75, 3.05) is 46.9 Å². The number of hydrogen-bond acceptors (Lipinski definition) is 8. The summed E-state index contributed by atoms with van der Waals surface area (Å²) in [7, 11) is 3.28. The molecule has 0 spiro atoms. The quantitative estimate of drug-likeness (QED) is 0.577. The van der Waals surface area contributed by atoms with Crippen LogP contribution in [0.4, 0.5) is 0 Å². The van der Waals surface area contributed by atoms with Crippen LogP contribution in [0, 0.1) is 0 Å². The third-order valence-corrected chi connectivity index (χ3v) is 6.90. The first-order chi connectivity index (χ1) is 19.3. The molecule has 0 saturated heterocycles. The van der Waals surface area contributed by atoms with Crippen LogP contribution in [-0.2, 0) is 33.9 Å². The number of hydrogen-bond donors (Lipinski definition) is 2. The molecular weight excluding hydrogens is 514 g/mol. The average Bonchev–Trinajstić information content (AvgIpc) is 3.41. The SMILES string of the molecule is CCn1ncnc1CN1CCCCN(C)C(=O)[C@H](C)NC(=O)COc2cc(ccc2OC)CCC(=O)NCCC1. The number of aromatic nitrogens is 3. The van der Waals surface area contributed by atoms with Crippen LogP contribution in [0.3, 0.4) is 0 Å². The van der Waals surface area contributed by atoms with Gasteiger partial charge in [0.2, 0.25) is 11.8 Å². The van der Waals surface area contributed by atoms with Crippen molar-refractivity contribution in [3.05, 3.63) is 35.9 Å². The van der Waals surface area contributed by atoms with Gasteiger partial charge in [0.1, 0.15) is 18.2 Å². The zero-order chi connectivity index (χ0) is 28.9. The third kappa shape index (κ3) is 9.51. The van der Waals surface area contributed by atoms with Crippen molar-refractivity contribution in [2.24, 2.45) is 0 Å². The van der Waals surface area contributed by atoms with E-state index < -0.39 is 11.9 Å². The molecule has 0 unspecified atom stereocenters. The molecule has 2 N–H and O–H groups in total. The second-order valence-corrected chi connectivity index (χ2v) is 10.0. The highest BCUT2D eigenvalue weighted by Crippen LogP contribution is 2.28. The molecule has 0 fully saturated rings. The van der Waals surface area contributed by atoms with E-state index in [0.29, 0.717) is 44.0 Å². The maximum absolute atomic E-state index is 12.8. The van der Waals surface area contributed by atoms with Gasteiger partial charge in [0.05, 0.1) is 13.7 Å². The maximum atomic E-state index is 12.8. The second-order valence-electron chi connectivity index (χ2n) is 10.0. The number of carbonyl (C=O) groups excluding carboxylic acids is 3. The van der Waals surface area contributed by atoms with Crippen LogP contribution >= 0.6 is 0 Å². The van der Waals surface area contributed by atoms with Crippen molar-refractivity contribution in [1.82, 2.24) is 35.2 Å². The standard InChI is InChI=1S/C28H43N7O5/c1-5-35-25(30-20-31-35)18-34-15-7-6-14-33(3)28(38)21(2)32-27(37)19-40-24-17-22(9-11-23(24)39-4)10-12-26(36)29-13-8-16-34/h9,11,17,20-21H,5-8,10,12-16,18-19H2,1-4H3,(H,29,36)(H,32,37)/t21-/m0/s1. The van der Waals surface area contributed by atoms with Crippen molar-refractivity contribution in [2.45, 2.75) is 65.1 Å². The number of rotatable bonds is 4. The van der Waals surface area contributed by atoms with Gasteiger partial charge in [0.15, 0.2) is 18.1 Å². The van der Waals surface area contributed by atoms with E-state index in [2.05, 4.69) is 25.6 Å². The Labute approximate surface area is 236 Å². The van der Waals surface area contributed by atoms with Crippen LogP contribution in [-0.4, -0.2) is 95.3 Å². The molecule has 220 valence electrons. The van der Waals surface area contributed by atoms with Crippen molar-refractivity contribution in [1.29, 1.82) is 0 Å². The molecule has 40 heavy (non-hydrogen) atoms. The highest BCUT2D eigenvalue weighted by atomic mass is 16.5. The molecule has 12 nitrogen and oxygen atoms in total. The molecule has 1 aromatic heterocycles. The molecule has 1 aliphatic heterocycles. The van der Waals surface area contributed by atoms with Gasteiger partial charge < -0.3 is 25.0 Å². The number of ether oxygens (including phenoxy) is 2. The predicted molar refractivity (Wildman–Crippen MR) is 150 cm³/mol. The molecule has 3 rings (SSSR count). The number of amides is 3. The van der Waals surface area contributed by atoms with Gasteiger partial charge in [-0.25, -0.2) is 9.67 Å². The highest BCUT2D eigenvalue weighted by Gasteiger charge is 2.20. The number of methoxy groups -OCH3 is 1. The lowest BCUT2D eigenvalue weighted by molar-refractivity contribution is -0.135. The lowest BCUT2D eigenvalue weighted by Gasteiger charge is -2.24. The molecule has 2 aromatic rings. The van der Waals surface area contributed by atoms with Crippen LogP contribution in [0.2, 0.25) is 0 Å². The number of benzene rings is 1. The van der Waals surface area contributed by atoms with Gasteiger partial charge in [-0.05, 0) is 63.8 Å². The predicted octanol–water partition coefficient (Wildman–Crippen LogP) is 1.38. The van der Waals surface area contributed by atoms with Crippen LogP contribution in [0.15, 0.2) is 24.5 Å². The van der Waals surface area contributed by atoms with E-state index in [1.54, 1.807) is 37.3 Å². The summed E-state index contributed by atoms with van der Waals surface area (Å²) in [4.78, 5) is 46.3. The maximum Gasteiger partial charge on any atom is 0.258 e. The summed E-state index contributed by atoms with van der Waals surface area (Å²) in [5.74, 6) is 1.23. The zero-order valence-electron chi connectivity index (χ0n) is 24.1. The molecule has 0 aliphatic carbocycles. The van der Waals surface area contributed by atoms with Crippen LogP contribution < -0.4 is 20.1 Å². The van der Waals surface area contributed by atoms with Gasteiger partial charge in [0.25, 0.3) is 5.91 Å².